The normalized spacial score (nSPS) is 11.0. The Bertz CT molecular complexity index is 477. The van der Waals surface area contributed by atoms with Crippen molar-refractivity contribution in [1.82, 2.24) is 0 Å². The zero-order valence-electron chi connectivity index (χ0n) is 10.8. The lowest BCUT2D eigenvalue weighted by Crippen LogP contribution is -1.98. The van der Waals surface area contributed by atoms with Crippen LogP contribution in [0.1, 0.15) is 12.5 Å². The van der Waals surface area contributed by atoms with Crippen molar-refractivity contribution >= 4 is 12.0 Å². The average Bonchev–Trinajstić information content (AvgIpc) is 2.37. The first-order chi connectivity index (χ1) is 8.53. The van der Waals surface area contributed by atoms with E-state index < -0.39 is 5.97 Å². The summed E-state index contributed by atoms with van der Waals surface area (Å²) in [5.41, 5.74) is 0.829. The van der Waals surface area contributed by atoms with E-state index in [1.807, 2.05) is 0 Å². The van der Waals surface area contributed by atoms with Crippen LogP contribution in [0.15, 0.2) is 17.7 Å². The highest BCUT2D eigenvalue weighted by Crippen LogP contribution is 2.35. The number of methoxy groups -OCH3 is 3. The molecule has 5 heteroatoms. The maximum absolute atomic E-state index is 10.8. The van der Waals surface area contributed by atoms with E-state index in [4.69, 9.17) is 19.3 Å². The molecular formula is C13H16O5. The summed E-state index contributed by atoms with van der Waals surface area (Å²) < 4.78 is 15.5. The van der Waals surface area contributed by atoms with E-state index in [0.29, 0.717) is 22.8 Å². The topological polar surface area (TPSA) is 65.0 Å². The third-order valence-electron chi connectivity index (χ3n) is 2.45. The van der Waals surface area contributed by atoms with E-state index in [9.17, 15) is 4.79 Å². The Morgan fingerprint density at radius 3 is 2.00 bits per heavy atom. The van der Waals surface area contributed by atoms with Crippen molar-refractivity contribution in [3.05, 3.63) is 23.3 Å². The molecule has 1 aromatic rings. The van der Waals surface area contributed by atoms with Crippen molar-refractivity contribution in [2.75, 3.05) is 21.3 Å². The van der Waals surface area contributed by atoms with Crippen molar-refractivity contribution in [3.63, 3.8) is 0 Å². The van der Waals surface area contributed by atoms with E-state index in [2.05, 4.69) is 0 Å². The van der Waals surface area contributed by atoms with Crippen LogP contribution in [0.2, 0.25) is 0 Å². The summed E-state index contributed by atoms with van der Waals surface area (Å²) in [5.74, 6) is 0.585. The standard InChI is InChI=1S/C13H16O5/c1-8(13(14)15)5-9-6-11(17-3)12(18-4)7-10(9)16-2/h5-7H,1-4H3,(H,14,15). The molecule has 0 fully saturated rings. The zero-order valence-corrected chi connectivity index (χ0v) is 10.8. The lowest BCUT2D eigenvalue weighted by atomic mass is 10.1. The maximum atomic E-state index is 10.8. The highest BCUT2D eigenvalue weighted by atomic mass is 16.5. The summed E-state index contributed by atoms with van der Waals surface area (Å²) in [5, 5.41) is 8.87. The van der Waals surface area contributed by atoms with Crippen molar-refractivity contribution in [3.8, 4) is 17.2 Å². The molecule has 5 nitrogen and oxygen atoms in total. The molecule has 0 saturated carbocycles. The molecule has 1 N–H and O–H groups in total. The minimum Gasteiger partial charge on any atom is -0.496 e. The lowest BCUT2D eigenvalue weighted by Gasteiger charge is -2.12. The largest absolute Gasteiger partial charge is 0.496 e. The Hall–Kier alpha value is -2.17. The third kappa shape index (κ3) is 2.94. The monoisotopic (exact) mass is 252 g/mol. The molecule has 0 aliphatic rings. The fraction of sp³-hybridized carbons (Fsp3) is 0.308. The van der Waals surface area contributed by atoms with Gasteiger partial charge in [-0.1, -0.05) is 0 Å². The molecule has 98 valence electrons. The second kappa shape index (κ2) is 5.95. The van der Waals surface area contributed by atoms with Crippen LogP contribution < -0.4 is 14.2 Å². The van der Waals surface area contributed by atoms with Gasteiger partial charge in [0.05, 0.1) is 21.3 Å². The summed E-state index contributed by atoms with van der Waals surface area (Å²) in [7, 11) is 4.55. The Morgan fingerprint density at radius 1 is 1.06 bits per heavy atom. The number of rotatable bonds is 5. The molecule has 1 aromatic carbocycles. The van der Waals surface area contributed by atoms with Gasteiger partial charge in [0, 0.05) is 17.2 Å². The van der Waals surface area contributed by atoms with Gasteiger partial charge in [-0.3, -0.25) is 0 Å². The Balaban J connectivity index is 3.34. The smallest absolute Gasteiger partial charge is 0.331 e. The van der Waals surface area contributed by atoms with E-state index in [-0.39, 0.29) is 5.57 Å². The van der Waals surface area contributed by atoms with Crippen LogP contribution in [0.3, 0.4) is 0 Å². The van der Waals surface area contributed by atoms with Gasteiger partial charge >= 0.3 is 5.97 Å². The number of carbonyl (C=O) groups is 1. The van der Waals surface area contributed by atoms with Crippen LogP contribution in [0.4, 0.5) is 0 Å². The molecule has 0 bridgehead atoms. The second-order valence-corrected chi connectivity index (χ2v) is 3.58. The van der Waals surface area contributed by atoms with Crippen LogP contribution in [-0.2, 0) is 4.79 Å². The Morgan fingerprint density at radius 2 is 1.56 bits per heavy atom. The first-order valence-corrected chi connectivity index (χ1v) is 5.25. The van der Waals surface area contributed by atoms with Gasteiger partial charge in [-0.2, -0.15) is 0 Å². The summed E-state index contributed by atoms with van der Waals surface area (Å²) in [6, 6.07) is 3.32. The number of carboxylic acids is 1. The lowest BCUT2D eigenvalue weighted by molar-refractivity contribution is -0.132. The van der Waals surface area contributed by atoms with Crippen LogP contribution in [0, 0.1) is 0 Å². The summed E-state index contributed by atoms with van der Waals surface area (Å²) in [6.45, 7) is 1.51. The number of hydrogen-bond donors (Lipinski definition) is 1. The number of aliphatic carboxylic acids is 1. The van der Waals surface area contributed by atoms with Gasteiger partial charge in [-0.05, 0) is 19.1 Å². The fourth-order valence-corrected chi connectivity index (χ4v) is 1.46. The highest BCUT2D eigenvalue weighted by Gasteiger charge is 2.11. The SMILES string of the molecule is COc1cc(OC)c(OC)cc1C=C(C)C(=O)O. The van der Waals surface area contributed by atoms with Crippen molar-refractivity contribution in [2.24, 2.45) is 0 Å². The molecule has 0 heterocycles. The highest BCUT2D eigenvalue weighted by molar-refractivity contribution is 5.92. The molecule has 0 aromatic heterocycles. The summed E-state index contributed by atoms with van der Waals surface area (Å²) in [6.07, 6.45) is 1.52. The summed E-state index contributed by atoms with van der Waals surface area (Å²) in [4.78, 5) is 10.8. The van der Waals surface area contributed by atoms with Crippen LogP contribution in [0.5, 0.6) is 17.2 Å². The molecule has 0 unspecified atom stereocenters. The Labute approximate surface area is 106 Å². The fourth-order valence-electron chi connectivity index (χ4n) is 1.46. The first-order valence-electron chi connectivity index (χ1n) is 5.25. The van der Waals surface area contributed by atoms with Gasteiger partial charge in [-0.15, -0.1) is 0 Å². The maximum Gasteiger partial charge on any atom is 0.331 e. The number of benzene rings is 1. The van der Waals surface area contributed by atoms with E-state index in [1.54, 1.807) is 12.1 Å². The van der Waals surface area contributed by atoms with Crippen molar-refractivity contribution < 1.29 is 24.1 Å². The molecular weight excluding hydrogens is 236 g/mol. The molecule has 18 heavy (non-hydrogen) atoms. The molecule has 0 atom stereocenters. The van der Waals surface area contributed by atoms with Gasteiger partial charge in [0.2, 0.25) is 0 Å². The molecule has 0 saturated heterocycles. The number of hydrogen-bond acceptors (Lipinski definition) is 4. The van der Waals surface area contributed by atoms with Gasteiger partial charge in [0.25, 0.3) is 0 Å². The van der Waals surface area contributed by atoms with Gasteiger partial charge in [-0.25, -0.2) is 4.79 Å². The minimum absolute atomic E-state index is 0.209. The second-order valence-electron chi connectivity index (χ2n) is 3.58. The molecule has 0 spiro atoms. The predicted octanol–water partition coefficient (Wildman–Crippen LogP) is 2.20. The summed E-state index contributed by atoms with van der Waals surface area (Å²) >= 11 is 0. The predicted molar refractivity (Wildman–Crippen MR) is 67.4 cm³/mol. The third-order valence-corrected chi connectivity index (χ3v) is 2.45. The molecule has 0 radical (unpaired) electrons. The first kappa shape index (κ1) is 13.9. The zero-order chi connectivity index (χ0) is 13.7. The van der Waals surface area contributed by atoms with Crippen LogP contribution >= 0.6 is 0 Å². The minimum atomic E-state index is -0.980. The van der Waals surface area contributed by atoms with Gasteiger partial charge in [0.15, 0.2) is 11.5 Å². The van der Waals surface area contributed by atoms with E-state index in [1.165, 1.54) is 34.3 Å². The van der Waals surface area contributed by atoms with Crippen LogP contribution in [-0.4, -0.2) is 32.4 Å². The molecule has 0 aliphatic carbocycles. The molecule has 0 aliphatic heterocycles. The van der Waals surface area contributed by atoms with Crippen molar-refractivity contribution in [1.29, 1.82) is 0 Å². The molecule has 0 amide bonds. The van der Waals surface area contributed by atoms with E-state index >= 15 is 0 Å². The van der Waals surface area contributed by atoms with Crippen molar-refractivity contribution in [2.45, 2.75) is 6.92 Å². The van der Waals surface area contributed by atoms with Crippen LogP contribution in [0.25, 0.3) is 6.08 Å². The van der Waals surface area contributed by atoms with Gasteiger partial charge < -0.3 is 19.3 Å². The average molecular weight is 252 g/mol. The number of ether oxygens (including phenoxy) is 3. The Kier molecular flexibility index (Phi) is 4.59. The van der Waals surface area contributed by atoms with E-state index in [0.717, 1.165) is 0 Å². The molecule has 1 rings (SSSR count). The van der Waals surface area contributed by atoms with Gasteiger partial charge in [0.1, 0.15) is 5.75 Å². The number of carboxylic acid groups (broad SMARTS) is 1. The quantitative estimate of drug-likeness (QED) is 0.814.